The zero-order valence-corrected chi connectivity index (χ0v) is 16.6. The number of unbranched alkanes of at least 4 members (excludes halogenated alkanes) is 2. The minimum atomic E-state index is 0.521. The topological polar surface area (TPSA) is 50.9 Å². The van der Waals surface area contributed by atoms with Gasteiger partial charge in [-0.2, -0.15) is 0 Å². The smallest absolute Gasteiger partial charge is 0.156 e. The van der Waals surface area contributed by atoms with Gasteiger partial charge in [-0.1, -0.05) is 28.4 Å². The minimum absolute atomic E-state index is 0.521. The normalized spacial score (nSPS) is 14.0. The molecule has 1 aromatic carbocycles. The van der Waals surface area contributed by atoms with Gasteiger partial charge in [-0.25, -0.2) is 0 Å². The lowest BCUT2D eigenvalue weighted by molar-refractivity contribution is 0.303. The summed E-state index contributed by atoms with van der Waals surface area (Å²) in [6.45, 7) is 4.22. The Hall–Kier alpha value is -1.72. The van der Waals surface area contributed by atoms with Crippen LogP contribution in [0.5, 0.6) is 5.75 Å². The first-order valence-corrected chi connectivity index (χ1v) is 9.60. The number of aromatic nitrogens is 1. The van der Waals surface area contributed by atoms with E-state index >= 15 is 0 Å². The van der Waals surface area contributed by atoms with Crippen molar-refractivity contribution >= 4 is 29.0 Å². The Balaban J connectivity index is 1.47. The average Bonchev–Trinajstić information content (AvgIpc) is 3.20. The Bertz CT molecular complexity index is 766. The molecule has 0 aliphatic carbocycles. The molecular formula is C19H23Cl2N3O2. The lowest BCUT2D eigenvalue weighted by Crippen LogP contribution is -2.23. The van der Waals surface area contributed by atoms with Crippen LogP contribution in [-0.4, -0.2) is 42.6 Å². The van der Waals surface area contributed by atoms with Gasteiger partial charge in [0.2, 0.25) is 0 Å². The van der Waals surface area contributed by atoms with E-state index in [0.29, 0.717) is 22.4 Å². The Labute approximate surface area is 163 Å². The van der Waals surface area contributed by atoms with Crippen molar-refractivity contribution in [1.29, 1.82) is 0 Å². The lowest BCUT2D eigenvalue weighted by Gasteiger charge is -2.16. The van der Waals surface area contributed by atoms with Gasteiger partial charge in [0.25, 0.3) is 0 Å². The second-order valence-corrected chi connectivity index (χ2v) is 7.30. The summed E-state index contributed by atoms with van der Waals surface area (Å²) in [6.07, 6.45) is 3.89. The highest BCUT2D eigenvalue weighted by atomic mass is 35.5. The van der Waals surface area contributed by atoms with E-state index in [9.17, 15) is 0 Å². The van der Waals surface area contributed by atoms with E-state index < -0.39 is 0 Å². The third-order valence-corrected chi connectivity index (χ3v) is 4.87. The van der Waals surface area contributed by atoms with Crippen LogP contribution in [0.4, 0.5) is 0 Å². The van der Waals surface area contributed by atoms with Crippen molar-refractivity contribution < 1.29 is 9.26 Å². The summed E-state index contributed by atoms with van der Waals surface area (Å²) >= 11 is 12.8. The maximum absolute atomic E-state index is 6.38. The SMILES string of the molecule is Cc1cc(CCCCCOc2c(Cl)cc(C3=NCCN3C)cc2Cl)on1. The third kappa shape index (κ3) is 4.71. The molecule has 1 aliphatic rings. The molecule has 1 aliphatic heterocycles. The van der Waals surface area contributed by atoms with Crippen LogP contribution in [0.1, 0.15) is 36.3 Å². The molecule has 0 saturated heterocycles. The number of aryl methyl sites for hydroxylation is 2. The number of benzene rings is 1. The molecule has 5 nitrogen and oxygen atoms in total. The maximum Gasteiger partial charge on any atom is 0.156 e. The van der Waals surface area contributed by atoms with Gasteiger partial charge < -0.3 is 14.2 Å². The molecule has 140 valence electrons. The van der Waals surface area contributed by atoms with Gasteiger partial charge in [-0.05, 0) is 38.3 Å². The van der Waals surface area contributed by atoms with Crippen molar-refractivity contribution in [3.8, 4) is 5.75 Å². The number of ether oxygens (including phenoxy) is 1. The van der Waals surface area contributed by atoms with E-state index in [1.54, 1.807) is 0 Å². The highest BCUT2D eigenvalue weighted by molar-refractivity contribution is 6.37. The van der Waals surface area contributed by atoms with Crippen LogP contribution in [0, 0.1) is 6.92 Å². The van der Waals surface area contributed by atoms with Crippen LogP contribution >= 0.6 is 23.2 Å². The number of rotatable bonds is 8. The molecule has 0 fully saturated rings. The first kappa shape index (κ1) is 19.1. The summed E-state index contributed by atoms with van der Waals surface area (Å²) in [6, 6.07) is 5.72. The summed E-state index contributed by atoms with van der Waals surface area (Å²) in [5, 5.41) is 4.93. The van der Waals surface area contributed by atoms with E-state index in [2.05, 4.69) is 15.0 Å². The van der Waals surface area contributed by atoms with E-state index in [1.165, 1.54) is 0 Å². The highest BCUT2D eigenvalue weighted by Crippen LogP contribution is 2.35. The molecule has 0 amide bonds. The first-order valence-electron chi connectivity index (χ1n) is 8.84. The van der Waals surface area contributed by atoms with Crippen LogP contribution in [-0.2, 0) is 6.42 Å². The fourth-order valence-electron chi connectivity index (χ4n) is 2.96. The molecule has 2 aromatic rings. The summed E-state index contributed by atoms with van der Waals surface area (Å²) in [4.78, 5) is 6.59. The third-order valence-electron chi connectivity index (χ3n) is 4.31. The molecule has 1 aromatic heterocycles. The predicted octanol–water partition coefficient (Wildman–Crippen LogP) is 4.77. The van der Waals surface area contributed by atoms with Gasteiger partial charge >= 0.3 is 0 Å². The fraction of sp³-hybridized carbons (Fsp3) is 0.474. The zero-order valence-electron chi connectivity index (χ0n) is 15.1. The quantitative estimate of drug-likeness (QED) is 0.603. The number of halogens is 2. The number of amidine groups is 1. The van der Waals surface area contributed by atoms with Crippen LogP contribution in [0.15, 0.2) is 27.7 Å². The van der Waals surface area contributed by atoms with Gasteiger partial charge in [-0.15, -0.1) is 0 Å². The molecule has 0 bridgehead atoms. The van der Waals surface area contributed by atoms with Gasteiger partial charge in [0, 0.05) is 31.6 Å². The standard InChI is InChI=1S/C19H23Cl2N3O2/c1-13-10-15(26-23-13)6-4-3-5-9-25-18-16(20)11-14(12-17(18)21)19-22-7-8-24(19)2/h10-12H,3-9H2,1-2H3. The Morgan fingerprint density at radius 3 is 2.54 bits per heavy atom. The maximum atomic E-state index is 6.38. The van der Waals surface area contributed by atoms with E-state index in [1.807, 2.05) is 32.2 Å². The number of nitrogens with zero attached hydrogens (tertiary/aromatic N) is 3. The molecule has 7 heteroatoms. The van der Waals surface area contributed by atoms with Crippen molar-refractivity contribution in [1.82, 2.24) is 10.1 Å². The van der Waals surface area contributed by atoms with E-state index in [4.69, 9.17) is 32.5 Å². The Kier molecular flexibility index (Phi) is 6.43. The molecule has 3 rings (SSSR count). The van der Waals surface area contributed by atoms with Crippen molar-refractivity contribution in [3.63, 3.8) is 0 Å². The Morgan fingerprint density at radius 1 is 1.15 bits per heavy atom. The second kappa shape index (κ2) is 8.78. The molecule has 0 saturated carbocycles. The molecular weight excluding hydrogens is 373 g/mol. The van der Waals surface area contributed by atoms with Crippen LogP contribution < -0.4 is 4.74 Å². The number of hydrogen-bond donors (Lipinski definition) is 0. The lowest BCUT2D eigenvalue weighted by atomic mass is 10.1. The van der Waals surface area contributed by atoms with E-state index in [0.717, 1.165) is 61.6 Å². The molecule has 26 heavy (non-hydrogen) atoms. The minimum Gasteiger partial charge on any atom is -0.490 e. The summed E-state index contributed by atoms with van der Waals surface area (Å²) in [5.74, 6) is 2.40. The van der Waals surface area contributed by atoms with Crippen LogP contribution in [0.3, 0.4) is 0 Å². The summed E-state index contributed by atoms with van der Waals surface area (Å²) in [5.41, 5.74) is 1.85. The van der Waals surface area contributed by atoms with Crippen molar-refractivity contribution in [2.75, 3.05) is 26.7 Å². The fourth-order valence-corrected chi connectivity index (χ4v) is 3.55. The number of likely N-dealkylation sites (N-methyl/N-ethyl adjacent to an activating group) is 1. The zero-order chi connectivity index (χ0) is 18.5. The van der Waals surface area contributed by atoms with Crippen LogP contribution in [0.25, 0.3) is 0 Å². The predicted molar refractivity (Wildman–Crippen MR) is 105 cm³/mol. The van der Waals surface area contributed by atoms with Crippen molar-refractivity contribution in [2.24, 2.45) is 4.99 Å². The van der Waals surface area contributed by atoms with Gasteiger partial charge in [0.05, 0.1) is 28.9 Å². The monoisotopic (exact) mass is 395 g/mol. The van der Waals surface area contributed by atoms with Gasteiger partial charge in [0.15, 0.2) is 5.75 Å². The number of hydrogen-bond acceptors (Lipinski definition) is 5. The van der Waals surface area contributed by atoms with Crippen LogP contribution in [0.2, 0.25) is 10.0 Å². The van der Waals surface area contributed by atoms with Crippen molar-refractivity contribution in [3.05, 3.63) is 45.3 Å². The summed E-state index contributed by atoms with van der Waals surface area (Å²) < 4.78 is 11.0. The van der Waals surface area contributed by atoms with Gasteiger partial charge in [0.1, 0.15) is 11.6 Å². The Morgan fingerprint density at radius 2 is 1.92 bits per heavy atom. The summed E-state index contributed by atoms with van der Waals surface area (Å²) in [7, 11) is 2.01. The van der Waals surface area contributed by atoms with Gasteiger partial charge in [-0.3, -0.25) is 4.99 Å². The largest absolute Gasteiger partial charge is 0.490 e. The average molecular weight is 396 g/mol. The molecule has 2 heterocycles. The van der Waals surface area contributed by atoms with E-state index in [-0.39, 0.29) is 0 Å². The van der Waals surface area contributed by atoms with Crippen molar-refractivity contribution in [2.45, 2.75) is 32.6 Å². The molecule has 0 atom stereocenters. The highest BCUT2D eigenvalue weighted by Gasteiger charge is 2.18. The molecule has 0 spiro atoms. The first-order chi connectivity index (χ1) is 12.5. The molecule has 0 unspecified atom stereocenters. The number of aliphatic imine (C=N–C) groups is 1. The molecule has 0 radical (unpaired) electrons. The second-order valence-electron chi connectivity index (χ2n) is 6.49. The molecule has 0 N–H and O–H groups in total.